The molecule has 0 saturated heterocycles. The Morgan fingerprint density at radius 3 is 2.60 bits per heavy atom. The van der Waals surface area contributed by atoms with Crippen molar-refractivity contribution in [2.75, 3.05) is 5.32 Å². The second-order valence-electron chi connectivity index (χ2n) is 5.42. The van der Waals surface area contributed by atoms with E-state index >= 15 is 0 Å². The van der Waals surface area contributed by atoms with Crippen LogP contribution in [0.1, 0.15) is 27.7 Å². The molecule has 1 N–H and O–H groups in total. The van der Waals surface area contributed by atoms with Gasteiger partial charge in [0, 0.05) is 11.4 Å². The van der Waals surface area contributed by atoms with Gasteiger partial charge in [0.15, 0.2) is 10.9 Å². The van der Waals surface area contributed by atoms with Crippen molar-refractivity contribution in [2.45, 2.75) is 24.8 Å². The van der Waals surface area contributed by atoms with Gasteiger partial charge in [0.05, 0.1) is 11.4 Å². The molecule has 0 aliphatic carbocycles. The molecule has 0 atom stereocenters. The third kappa shape index (κ3) is 4.45. The number of nitrogens with zero attached hydrogens (tertiary/aromatic N) is 2. The van der Waals surface area contributed by atoms with Crippen LogP contribution in [0, 0.1) is 19.7 Å². The number of anilines is 1. The number of furan rings is 1. The molecule has 128 valence electrons. The van der Waals surface area contributed by atoms with Gasteiger partial charge in [-0.1, -0.05) is 23.9 Å². The molecule has 0 bridgehead atoms. The number of para-hydroxylation sites is 1. The first kappa shape index (κ1) is 17.2. The molecule has 1 aromatic carbocycles. The van der Waals surface area contributed by atoms with E-state index in [1.165, 1.54) is 23.9 Å². The molecule has 2 heterocycles. The smallest absolute Gasteiger partial charge is 0.291 e. The minimum Gasteiger partial charge on any atom is -0.455 e. The number of carbonyl (C=O) groups is 1. The third-order valence-corrected chi connectivity index (χ3v) is 4.18. The highest BCUT2D eigenvalue weighted by Crippen LogP contribution is 2.22. The maximum Gasteiger partial charge on any atom is 0.291 e. The van der Waals surface area contributed by atoms with Gasteiger partial charge in [-0.05, 0) is 44.2 Å². The quantitative estimate of drug-likeness (QED) is 0.542. The van der Waals surface area contributed by atoms with Crippen molar-refractivity contribution in [3.63, 3.8) is 0 Å². The number of aryl methyl sites for hydroxylation is 2. The lowest BCUT2D eigenvalue weighted by Gasteiger charge is -2.04. The summed E-state index contributed by atoms with van der Waals surface area (Å²) in [7, 11) is 0. The molecular weight excluding hydrogens is 341 g/mol. The molecule has 3 rings (SSSR count). The third-order valence-electron chi connectivity index (χ3n) is 3.31. The number of amides is 1. The molecule has 5 nitrogen and oxygen atoms in total. The maximum atomic E-state index is 13.6. The molecule has 0 aliphatic rings. The summed E-state index contributed by atoms with van der Waals surface area (Å²) in [4.78, 5) is 20.8. The van der Waals surface area contributed by atoms with Crippen molar-refractivity contribution in [1.29, 1.82) is 0 Å². The largest absolute Gasteiger partial charge is 0.455 e. The second-order valence-corrected chi connectivity index (χ2v) is 6.36. The van der Waals surface area contributed by atoms with Gasteiger partial charge in [-0.25, -0.2) is 14.4 Å². The van der Waals surface area contributed by atoms with Crippen LogP contribution in [-0.2, 0) is 5.75 Å². The summed E-state index contributed by atoms with van der Waals surface area (Å²) in [6, 6.07) is 11.2. The number of rotatable bonds is 5. The van der Waals surface area contributed by atoms with E-state index in [0.717, 1.165) is 11.4 Å². The maximum absolute atomic E-state index is 13.6. The minimum absolute atomic E-state index is 0.114. The highest BCUT2D eigenvalue weighted by molar-refractivity contribution is 7.98. The normalized spacial score (nSPS) is 10.7. The molecule has 7 heteroatoms. The van der Waals surface area contributed by atoms with E-state index < -0.39 is 11.7 Å². The summed E-state index contributed by atoms with van der Waals surface area (Å²) in [5.41, 5.74) is 1.92. The second kappa shape index (κ2) is 7.48. The molecule has 0 saturated carbocycles. The Hall–Kier alpha value is -2.67. The Balaban J connectivity index is 1.64. The lowest BCUT2D eigenvalue weighted by atomic mass is 10.3. The number of halogens is 1. The van der Waals surface area contributed by atoms with Crippen LogP contribution in [0.3, 0.4) is 0 Å². The average Bonchev–Trinajstić information content (AvgIpc) is 3.03. The molecule has 0 aliphatic heterocycles. The monoisotopic (exact) mass is 357 g/mol. The fraction of sp³-hybridized carbons (Fsp3) is 0.167. The van der Waals surface area contributed by atoms with Crippen LogP contribution in [0.4, 0.5) is 10.1 Å². The number of thioether (sulfide) groups is 1. The lowest BCUT2D eigenvalue weighted by Crippen LogP contribution is -2.11. The highest BCUT2D eigenvalue weighted by atomic mass is 32.2. The van der Waals surface area contributed by atoms with Crippen LogP contribution in [0.25, 0.3) is 0 Å². The first-order valence-corrected chi connectivity index (χ1v) is 8.59. The molecule has 2 aromatic heterocycles. The van der Waals surface area contributed by atoms with Gasteiger partial charge in [-0.15, -0.1) is 0 Å². The van der Waals surface area contributed by atoms with Gasteiger partial charge in [0.2, 0.25) is 0 Å². The average molecular weight is 357 g/mol. The molecule has 0 fully saturated rings. The van der Waals surface area contributed by atoms with Gasteiger partial charge < -0.3 is 9.73 Å². The van der Waals surface area contributed by atoms with E-state index in [1.807, 2.05) is 19.9 Å². The zero-order chi connectivity index (χ0) is 17.8. The number of hydrogen-bond acceptors (Lipinski definition) is 5. The molecule has 0 spiro atoms. The zero-order valence-corrected chi connectivity index (χ0v) is 14.6. The summed E-state index contributed by atoms with van der Waals surface area (Å²) in [5, 5.41) is 3.15. The molecule has 25 heavy (non-hydrogen) atoms. The van der Waals surface area contributed by atoms with Crippen LogP contribution in [0.2, 0.25) is 0 Å². The van der Waals surface area contributed by atoms with E-state index in [0.29, 0.717) is 16.7 Å². The highest BCUT2D eigenvalue weighted by Gasteiger charge is 2.14. The van der Waals surface area contributed by atoms with Gasteiger partial charge in [0.25, 0.3) is 5.91 Å². The van der Waals surface area contributed by atoms with Crippen LogP contribution < -0.4 is 5.32 Å². The van der Waals surface area contributed by atoms with E-state index in [2.05, 4.69) is 15.3 Å². The lowest BCUT2D eigenvalue weighted by molar-refractivity contribution is 0.0995. The van der Waals surface area contributed by atoms with E-state index in [1.54, 1.807) is 24.3 Å². The van der Waals surface area contributed by atoms with E-state index in [-0.39, 0.29) is 11.4 Å². The SMILES string of the molecule is Cc1cc(C)nc(SCc2ccc(C(=O)Nc3ccccc3F)o2)n1. The van der Waals surface area contributed by atoms with Crippen molar-refractivity contribution >= 4 is 23.4 Å². The standard InChI is InChI=1S/C18H16FN3O2S/c1-11-9-12(2)21-18(20-11)25-10-13-7-8-16(24-13)17(23)22-15-6-4-3-5-14(15)19/h3-9H,10H2,1-2H3,(H,22,23). The van der Waals surface area contributed by atoms with Crippen LogP contribution >= 0.6 is 11.8 Å². The van der Waals surface area contributed by atoms with Gasteiger partial charge in [-0.3, -0.25) is 4.79 Å². The van der Waals surface area contributed by atoms with Crippen molar-refractivity contribution in [1.82, 2.24) is 9.97 Å². The van der Waals surface area contributed by atoms with E-state index in [4.69, 9.17) is 4.42 Å². The first-order chi connectivity index (χ1) is 12.0. The number of carbonyl (C=O) groups excluding carboxylic acids is 1. The fourth-order valence-corrected chi connectivity index (χ4v) is 3.06. The molecule has 1 amide bonds. The Kier molecular flexibility index (Phi) is 5.14. The van der Waals surface area contributed by atoms with Crippen molar-refractivity contribution in [3.05, 3.63) is 71.2 Å². The number of nitrogens with one attached hydrogen (secondary N) is 1. The molecule has 0 radical (unpaired) electrons. The summed E-state index contributed by atoms with van der Waals surface area (Å²) in [5.74, 6) is 0.247. The Labute approximate surface area is 148 Å². The Bertz CT molecular complexity index is 891. The summed E-state index contributed by atoms with van der Waals surface area (Å²) in [6.07, 6.45) is 0. The number of aromatic nitrogens is 2. The Morgan fingerprint density at radius 1 is 1.16 bits per heavy atom. The topological polar surface area (TPSA) is 68.0 Å². The fourth-order valence-electron chi connectivity index (χ4n) is 2.22. The summed E-state index contributed by atoms with van der Waals surface area (Å²) < 4.78 is 19.1. The summed E-state index contributed by atoms with van der Waals surface area (Å²) >= 11 is 1.43. The molecular formula is C18H16FN3O2S. The van der Waals surface area contributed by atoms with Crippen LogP contribution in [-0.4, -0.2) is 15.9 Å². The predicted octanol–water partition coefficient (Wildman–Crippen LogP) is 4.37. The zero-order valence-electron chi connectivity index (χ0n) is 13.7. The predicted molar refractivity (Wildman–Crippen MR) is 94.1 cm³/mol. The van der Waals surface area contributed by atoms with Gasteiger partial charge in [-0.2, -0.15) is 0 Å². The Morgan fingerprint density at radius 2 is 1.88 bits per heavy atom. The molecule has 3 aromatic rings. The molecule has 0 unspecified atom stereocenters. The van der Waals surface area contributed by atoms with Crippen molar-refractivity contribution in [3.8, 4) is 0 Å². The first-order valence-electron chi connectivity index (χ1n) is 7.61. The number of benzene rings is 1. The van der Waals surface area contributed by atoms with Crippen LogP contribution in [0.5, 0.6) is 0 Å². The number of hydrogen-bond donors (Lipinski definition) is 1. The van der Waals surface area contributed by atoms with E-state index in [9.17, 15) is 9.18 Å². The minimum atomic E-state index is -0.496. The van der Waals surface area contributed by atoms with Crippen molar-refractivity contribution in [2.24, 2.45) is 0 Å². The van der Waals surface area contributed by atoms with Gasteiger partial charge >= 0.3 is 0 Å². The van der Waals surface area contributed by atoms with Gasteiger partial charge in [0.1, 0.15) is 11.6 Å². The summed E-state index contributed by atoms with van der Waals surface area (Å²) in [6.45, 7) is 3.83. The van der Waals surface area contributed by atoms with Crippen LogP contribution in [0.15, 0.2) is 52.0 Å². The van der Waals surface area contributed by atoms with Crippen molar-refractivity contribution < 1.29 is 13.6 Å².